The van der Waals surface area contributed by atoms with Crippen molar-refractivity contribution in [2.45, 2.75) is 18.9 Å². The molecule has 3 heterocycles. The summed E-state index contributed by atoms with van der Waals surface area (Å²) in [5, 5.41) is 11.8. The van der Waals surface area contributed by atoms with Crippen LogP contribution in [0.15, 0.2) is 18.6 Å². The summed E-state index contributed by atoms with van der Waals surface area (Å²) in [5.74, 6) is 1.17. The molecule has 0 bridgehead atoms. The van der Waals surface area contributed by atoms with Gasteiger partial charge in [-0.3, -0.25) is 4.40 Å². The van der Waals surface area contributed by atoms with E-state index in [0.29, 0.717) is 12.6 Å². The van der Waals surface area contributed by atoms with E-state index < -0.39 is 0 Å². The highest BCUT2D eigenvalue weighted by atomic mass is 16.5. The Morgan fingerprint density at radius 1 is 1.47 bits per heavy atom. The van der Waals surface area contributed by atoms with E-state index >= 15 is 0 Å². The Kier molecular flexibility index (Phi) is 2.74. The van der Waals surface area contributed by atoms with Gasteiger partial charge < -0.3 is 10.1 Å². The maximum Gasteiger partial charge on any atom is 0.163 e. The third kappa shape index (κ3) is 1.79. The molecule has 0 spiro atoms. The van der Waals surface area contributed by atoms with Gasteiger partial charge in [-0.05, 0) is 6.54 Å². The van der Waals surface area contributed by atoms with E-state index in [0.717, 1.165) is 24.6 Å². The van der Waals surface area contributed by atoms with Gasteiger partial charge in [0.25, 0.3) is 0 Å². The zero-order chi connectivity index (χ0) is 11.7. The van der Waals surface area contributed by atoms with Gasteiger partial charge in [0, 0.05) is 18.3 Å². The van der Waals surface area contributed by atoms with Crippen molar-refractivity contribution in [1.29, 1.82) is 0 Å². The number of hydrogen-bond donors (Lipinski definition) is 1. The molecule has 6 heteroatoms. The van der Waals surface area contributed by atoms with Crippen LogP contribution < -0.4 is 5.32 Å². The first kappa shape index (κ1) is 10.6. The molecule has 1 N–H and O–H groups in total. The first-order valence-electron chi connectivity index (χ1n) is 5.86. The Bertz CT molecular complexity index is 511. The van der Waals surface area contributed by atoms with Crippen LogP contribution in [-0.2, 0) is 4.74 Å². The zero-order valence-electron chi connectivity index (χ0n) is 9.71. The Labute approximate surface area is 99.0 Å². The number of fused-ring (bicyclic) bond motifs is 1. The topological polar surface area (TPSA) is 64.3 Å². The zero-order valence-corrected chi connectivity index (χ0v) is 9.71. The van der Waals surface area contributed by atoms with Crippen molar-refractivity contribution in [2.75, 3.05) is 19.8 Å². The third-order valence-corrected chi connectivity index (χ3v) is 3.12. The smallest absolute Gasteiger partial charge is 0.163 e. The molecule has 0 aromatic carbocycles. The van der Waals surface area contributed by atoms with Crippen LogP contribution in [-0.4, -0.2) is 45.4 Å². The molecule has 1 aliphatic heterocycles. The number of ether oxygens (including phenoxy) is 1. The molecule has 2 aromatic rings. The minimum absolute atomic E-state index is 0.245. The van der Waals surface area contributed by atoms with Crippen LogP contribution in [0.1, 0.15) is 18.7 Å². The van der Waals surface area contributed by atoms with Gasteiger partial charge in [-0.2, -0.15) is 0 Å². The van der Waals surface area contributed by atoms with Crippen molar-refractivity contribution in [1.82, 2.24) is 24.9 Å². The molecule has 3 rings (SSSR count). The first-order valence-corrected chi connectivity index (χ1v) is 5.86. The fraction of sp³-hybridized carbons (Fsp3) is 0.545. The summed E-state index contributed by atoms with van der Waals surface area (Å²) in [5.41, 5.74) is 0.831. The number of aromatic nitrogens is 4. The Balaban J connectivity index is 1.97. The van der Waals surface area contributed by atoms with Gasteiger partial charge in [-0.15, -0.1) is 10.2 Å². The van der Waals surface area contributed by atoms with Crippen molar-refractivity contribution >= 4 is 5.65 Å². The van der Waals surface area contributed by atoms with Gasteiger partial charge >= 0.3 is 0 Å². The molecule has 2 aromatic heterocycles. The van der Waals surface area contributed by atoms with Crippen LogP contribution in [0, 0.1) is 0 Å². The Morgan fingerprint density at radius 2 is 2.41 bits per heavy atom. The standard InChI is InChI=1S/C11H15N5O/c1-2-13-9-6-17-5-8(9)11-15-14-10-3-4-12-7-16(10)11/h3-4,7-9,13H,2,5-6H2,1H3. The van der Waals surface area contributed by atoms with Gasteiger partial charge in [-0.25, -0.2) is 4.98 Å². The van der Waals surface area contributed by atoms with E-state index in [9.17, 15) is 0 Å². The average Bonchev–Trinajstić information content (AvgIpc) is 2.95. The lowest BCUT2D eigenvalue weighted by Crippen LogP contribution is -2.34. The van der Waals surface area contributed by atoms with Crippen LogP contribution in [0.3, 0.4) is 0 Å². The first-order chi connectivity index (χ1) is 8.40. The maximum absolute atomic E-state index is 5.53. The quantitative estimate of drug-likeness (QED) is 0.821. The average molecular weight is 233 g/mol. The molecule has 2 unspecified atom stereocenters. The molecular weight excluding hydrogens is 218 g/mol. The lowest BCUT2D eigenvalue weighted by molar-refractivity contribution is 0.187. The second kappa shape index (κ2) is 4.38. The van der Waals surface area contributed by atoms with Gasteiger partial charge in [0.05, 0.1) is 19.1 Å². The van der Waals surface area contributed by atoms with Crippen LogP contribution in [0.4, 0.5) is 0 Å². The number of nitrogens with one attached hydrogen (secondary N) is 1. The van der Waals surface area contributed by atoms with Gasteiger partial charge in [0.1, 0.15) is 12.2 Å². The van der Waals surface area contributed by atoms with Crippen molar-refractivity contribution in [3.05, 3.63) is 24.4 Å². The Morgan fingerprint density at radius 3 is 3.29 bits per heavy atom. The highest BCUT2D eigenvalue weighted by molar-refractivity contribution is 5.36. The van der Waals surface area contributed by atoms with E-state index in [-0.39, 0.29) is 5.92 Å². The van der Waals surface area contributed by atoms with Crippen molar-refractivity contribution < 1.29 is 4.74 Å². The predicted molar refractivity (Wildman–Crippen MR) is 61.8 cm³/mol. The molecule has 0 aliphatic carbocycles. The maximum atomic E-state index is 5.53. The molecule has 1 saturated heterocycles. The predicted octanol–water partition coefficient (Wildman–Crippen LogP) is 0.216. The molecule has 90 valence electrons. The minimum atomic E-state index is 0.245. The van der Waals surface area contributed by atoms with Crippen LogP contribution >= 0.6 is 0 Å². The summed E-state index contributed by atoms with van der Waals surface area (Å²) in [6.07, 6.45) is 3.48. The minimum Gasteiger partial charge on any atom is -0.379 e. The summed E-state index contributed by atoms with van der Waals surface area (Å²) < 4.78 is 7.47. The summed E-state index contributed by atoms with van der Waals surface area (Å²) in [4.78, 5) is 4.11. The molecule has 17 heavy (non-hydrogen) atoms. The van der Waals surface area contributed by atoms with E-state index in [1.165, 1.54) is 0 Å². The normalized spacial score (nSPS) is 24.5. The molecule has 6 nitrogen and oxygen atoms in total. The molecule has 2 atom stereocenters. The SMILES string of the molecule is CCNC1COCC1c1nnc2ccncn12. The molecule has 1 aliphatic rings. The molecule has 1 fully saturated rings. The molecular formula is C11H15N5O. The third-order valence-electron chi connectivity index (χ3n) is 3.12. The fourth-order valence-electron chi connectivity index (χ4n) is 2.29. The number of rotatable bonds is 3. The van der Waals surface area contributed by atoms with Gasteiger partial charge in [0.15, 0.2) is 5.65 Å². The summed E-state index contributed by atoms with van der Waals surface area (Å²) in [7, 11) is 0. The van der Waals surface area contributed by atoms with Crippen molar-refractivity contribution in [3.63, 3.8) is 0 Å². The highest BCUT2D eigenvalue weighted by Crippen LogP contribution is 2.24. The fourth-order valence-corrected chi connectivity index (χ4v) is 2.29. The molecule has 0 radical (unpaired) electrons. The lowest BCUT2D eigenvalue weighted by Gasteiger charge is -2.16. The molecule has 0 saturated carbocycles. The largest absolute Gasteiger partial charge is 0.379 e. The van der Waals surface area contributed by atoms with Gasteiger partial charge in [0.2, 0.25) is 0 Å². The Hall–Kier alpha value is -1.53. The summed E-state index contributed by atoms with van der Waals surface area (Å²) in [6.45, 7) is 4.44. The summed E-state index contributed by atoms with van der Waals surface area (Å²) in [6, 6.07) is 2.17. The second-order valence-electron chi connectivity index (χ2n) is 4.17. The number of hydrogen-bond acceptors (Lipinski definition) is 5. The van der Waals surface area contributed by atoms with Crippen molar-refractivity contribution in [3.8, 4) is 0 Å². The van der Waals surface area contributed by atoms with E-state index in [1.54, 1.807) is 12.5 Å². The highest BCUT2D eigenvalue weighted by Gasteiger charge is 2.32. The number of likely N-dealkylation sites (N-methyl/N-ethyl adjacent to an activating group) is 1. The molecule has 0 amide bonds. The lowest BCUT2D eigenvalue weighted by atomic mass is 10.0. The second-order valence-corrected chi connectivity index (χ2v) is 4.17. The summed E-state index contributed by atoms with van der Waals surface area (Å²) >= 11 is 0. The van der Waals surface area contributed by atoms with Crippen molar-refractivity contribution in [2.24, 2.45) is 0 Å². The van der Waals surface area contributed by atoms with E-state index in [2.05, 4.69) is 27.4 Å². The monoisotopic (exact) mass is 233 g/mol. The van der Waals surface area contributed by atoms with Gasteiger partial charge in [-0.1, -0.05) is 6.92 Å². The van der Waals surface area contributed by atoms with Crippen LogP contribution in [0.5, 0.6) is 0 Å². The number of nitrogens with zero attached hydrogens (tertiary/aromatic N) is 4. The van der Waals surface area contributed by atoms with E-state index in [1.807, 2.05) is 10.5 Å². The van der Waals surface area contributed by atoms with Crippen LogP contribution in [0.25, 0.3) is 5.65 Å². The van der Waals surface area contributed by atoms with Crippen LogP contribution in [0.2, 0.25) is 0 Å². The van der Waals surface area contributed by atoms with E-state index in [4.69, 9.17) is 4.74 Å².